The van der Waals surface area contributed by atoms with E-state index in [1.165, 1.54) is 31.4 Å². The topological polar surface area (TPSA) is 55.1 Å². The van der Waals surface area contributed by atoms with Crippen LogP contribution in [0.4, 0.5) is 4.39 Å². The standard InChI is InChI=1S/C7H14N2O.C6H5F/c8-9-7(10)6-4-2-1-3-5-6;7-6-4-2-1-3-5-6/h6H,1-5,8H2,(H,9,10);1-5H. The Bertz CT molecular complexity index is 323. The molecule has 0 saturated heterocycles. The number of rotatable bonds is 1. The van der Waals surface area contributed by atoms with E-state index in [-0.39, 0.29) is 17.6 Å². The highest BCUT2D eigenvalue weighted by Gasteiger charge is 2.19. The molecule has 1 saturated carbocycles. The van der Waals surface area contributed by atoms with Gasteiger partial charge in [0.05, 0.1) is 0 Å². The second-order valence-electron chi connectivity index (χ2n) is 4.14. The summed E-state index contributed by atoms with van der Waals surface area (Å²) in [5, 5.41) is 0. The van der Waals surface area contributed by atoms with Gasteiger partial charge in [-0.2, -0.15) is 0 Å². The fourth-order valence-electron chi connectivity index (χ4n) is 1.90. The van der Waals surface area contributed by atoms with Crippen molar-refractivity contribution in [3.63, 3.8) is 0 Å². The molecule has 1 amide bonds. The number of hydrogen-bond donors (Lipinski definition) is 2. The van der Waals surface area contributed by atoms with Gasteiger partial charge in [0.1, 0.15) is 5.82 Å². The van der Waals surface area contributed by atoms with E-state index in [2.05, 4.69) is 5.43 Å². The normalized spacial score (nSPS) is 15.6. The summed E-state index contributed by atoms with van der Waals surface area (Å²) in [4.78, 5) is 10.9. The molecule has 4 heteroatoms. The third-order valence-electron chi connectivity index (χ3n) is 2.85. The van der Waals surface area contributed by atoms with Crippen molar-refractivity contribution in [3.05, 3.63) is 36.1 Å². The van der Waals surface area contributed by atoms with E-state index in [1.807, 2.05) is 0 Å². The Morgan fingerprint density at radius 3 is 2.18 bits per heavy atom. The summed E-state index contributed by atoms with van der Waals surface area (Å²) in [6.45, 7) is 0. The lowest BCUT2D eigenvalue weighted by Crippen LogP contribution is -2.36. The quantitative estimate of drug-likeness (QED) is 0.448. The fraction of sp³-hybridized carbons (Fsp3) is 0.462. The third kappa shape index (κ3) is 5.45. The molecule has 0 heterocycles. The Labute approximate surface area is 101 Å². The summed E-state index contributed by atoms with van der Waals surface area (Å²) in [6, 6.07) is 7.94. The molecule has 3 N–H and O–H groups in total. The minimum Gasteiger partial charge on any atom is -0.294 e. The zero-order chi connectivity index (χ0) is 12.5. The summed E-state index contributed by atoms with van der Waals surface area (Å²) in [5.74, 6) is 5.03. The summed E-state index contributed by atoms with van der Waals surface area (Å²) in [7, 11) is 0. The molecule has 0 radical (unpaired) electrons. The predicted octanol–water partition coefficient (Wildman–Crippen LogP) is 2.38. The van der Waals surface area contributed by atoms with Crippen LogP contribution in [0.15, 0.2) is 30.3 Å². The van der Waals surface area contributed by atoms with Gasteiger partial charge in [0.25, 0.3) is 0 Å². The van der Waals surface area contributed by atoms with Gasteiger partial charge in [-0.15, -0.1) is 0 Å². The highest BCUT2D eigenvalue weighted by atomic mass is 19.1. The summed E-state index contributed by atoms with van der Waals surface area (Å²) < 4.78 is 11.9. The van der Waals surface area contributed by atoms with Crippen molar-refractivity contribution >= 4 is 5.91 Å². The smallest absolute Gasteiger partial charge is 0.236 e. The van der Waals surface area contributed by atoms with Gasteiger partial charge < -0.3 is 0 Å². The first-order chi connectivity index (χ1) is 8.24. The van der Waals surface area contributed by atoms with Crippen molar-refractivity contribution in [2.24, 2.45) is 11.8 Å². The molecule has 0 atom stereocenters. The SMILES string of the molecule is Fc1ccccc1.NNC(=O)C1CCCCC1. The number of nitrogens with two attached hydrogens (primary N) is 1. The lowest BCUT2D eigenvalue weighted by molar-refractivity contribution is -0.125. The number of carbonyl (C=O) groups is 1. The molecule has 0 aliphatic heterocycles. The van der Waals surface area contributed by atoms with Gasteiger partial charge in [-0.3, -0.25) is 10.2 Å². The van der Waals surface area contributed by atoms with Crippen molar-refractivity contribution in [3.8, 4) is 0 Å². The summed E-state index contributed by atoms with van der Waals surface area (Å²) in [6.07, 6.45) is 5.66. The zero-order valence-electron chi connectivity index (χ0n) is 9.86. The van der Waals surface area contributed by atoms with Crippen molar-refractivity contribution in [2.75, 3.05) is 0 Å². The van der Waals surface area contributed by atoms with Crippen LogP contribution in [0.1, 0.15) is 32.1 Å². The van der Waals surface area contributed by atoms with Crippen molar-refractivity contribution in [1.82, 2.24) is 5.43 Å². The van der Waals surface area contributed by atoms with Crippen molar-refractivity contribution < 1.29 is 9.18 Å². The lowest BCUT2D eigenvalue weighted by atomic mass is 9.89. The maximum absolute atomic E-state index is 11.9. The highest BCUT2D eigenvalue weighted by molar-refractivity contribution is 5.77. The molecule has 3 nitrogen and oxygen atoms in total. The van der Waals surface area contributed by atoms with Crippen LogP contribution in [0.3, 0.4) is 0 Å². The van der Waals surface area contributed by atoms with E-state index in [9.17, 15) is 9.18 Å². The highest BCUT2D eigenvalue weighted by Crippen LogP contribution is 2.23. The molecule has 1 aliphatic carbocycles. The van der Waals surface area contributed by atoms with Crippen LogP contribution in [0.25, 0.3) is 0 Å². The molecule has 1 fully saturated rings. The van der Waals surface area contributed by atoms with E-state index in [4.69, 9.17) is 5.84 Å². The molecule has 1 aromatic carbocycles. The number of benzene rings is 1. The Morgan fingerprint density at radius 1 is 1.18 bits per heavy atom. The van der Waals surface area contributed by atoms with Gasteiger partial charge in [0, 0.05) is 5.92 Å². The van der Waals surface area contributed by atoms with Crippen LogP contribution in [-0.2, 0) is 4.79 Å². The minimum absolute atomic E-state index is 0.0136. The molecule has 2 rings (SSSR count). The maximum Gasteiger partial charge on any atom is 0.236 e. The van der Waals surface area contributed by atoms with Crippen LogP contribution < -0.4 is 11.3 Å². The van der Waals surface area contributed by atoms with Gasteiger partial charge in [-0.05, 0) is 25.0 Å². The molecule has 1 aliphatic rings. The number of nitrogens with one attached hydrogen (secondary N) is 1. The number of carbonyl (C=O) groups excluding carboxylic acids is 1. The van der Waals surface area contributed by atoms with Crippen LogP contribution in [0.5, 0.6) is 0 Å². The monoisotopic (exact) mass is 238 g/mol. The van der Waals surface area contributed by atoms with Gasteiger partial charge in [0.2, 0.25) is 5.91 Å². The van der Waals surface area contributed by atoms with Gasteiger partial charge in [-0.25, -0.2) is 10.2 Å². The molecule has 17 heavy (non-hydrogen) atoms. The number of halogens is 1. The summed E-state index contributed by atoms with van der Waals surface area (Å²) >= 11 is 0. The Morgan fingerprint density at radius 2 is 1.76 bits per heavy atom. The molecular weight excluding hydrogens is 219 g/mol. The average molecular weight is 238 g/mol. The first kappa shape index (κ1) is 13.6. The van der Waals surface area contributed by atoms with Gasteiger partial charge in [-0.1, -0.05) is 37.5 Å². The van der Waals surface area contributed by atoms with Crippen LogP contribution in [-0.4, -0.2) is 5.91 Å². The van der Waals surface area contributed by atoms with Gasteiger partial charge in [0.15, 0.2) is 0 Å². The predicted molar refractivity (Wildman–Crippen MR) is 65.3 cm³/mol. The first-order valence-corrected chi connectivity index (χ1v) is 5.95. The first-order valence-electron chi connectivity index (χ1n) is 5.95. The molecule has 0 spiro atoms. The minimum atomic E-state index is -0.178. The van der Waals surface area contributed by atoms with E-state index in [0.29, 0.717) is 0 Å². The zero-order valence-corrected chi connectivity index (χ0v) is 9.86. The van der Waals surface area contributed by atoms with Crippen molar-refractivity contribution in [1.29, 1.82) is 0 Å². The molecular formula is C13H19FN2O. The second-order valence-corrected chi connectivity index (χ2v) is 4.14. The van der Waals surface area contributed by atoms with E-state index >= 15 is 0 Å². The number of hydrazine groups is 1. The van der Waals surface area contributed by atoms with Crippen LogP contribution in [0.2, 0.25) is 0 Å². The lowest BCUT2D eigenvalue weighted by Gasteiger charge is -2.19. The summed E-state index contributed by atoms with van der Waals surface area (Å²) in [5.41, 5.74) is 2.20. The third-order valence-corrected chi connectivity index (χ3v) is 2.85. The molecule has 94 valence electrons. The largest absolute Gasteiger partial charge is 0.294 e. The molecule has 0 unspecified atom stereocenters. The Kier molecular flexibility index (Phi) is 6.25. The Hall–Kier alpha value is -1.42. The number of amides is 1. The van der Waals surface area contributed by atoms with Crippen LogP contribution in [0, 0.1) is 11.7 Å². The van der Waals surface area contributed by atoms with Crippen LogP contribution >= 0.6 is 0 Å². The number of hydrogen-bond acceptors (Lipinski definition) is 2. The van der Waals surface area contributed by atoms with E-state index in [1.54, 1.807) is 18.2 Å². The fourth-order valence-corrected chi connectivity index (χ4v) is 1.90. The average Bonchev–Trinajstić information content (AvgIpc) is 2.40. The van der Waals surface area contributed by atoms with E-state index in [0.717, 1.165) is 12.8 Å². The van der Waals surface area contributed by atoms with Crippen molar-refractivity contribution in [2.45, 2.75) is 32.1 Å². The maximum atomic E-state index is 11.9. The second kappa shape index (κ2) is 7.79. The van der Waals surface area contributed by atoms with E-state index < -0.39 is 0 Å². The molecule has 0 bridgehead atoms. The Balaban J connectivity index is 0.000000181. The van der Waals surface area contributed by atoms with Gasteiger partial charge >= 0.3 is 0 Å². The molecule has 1 aromatic rings. The molecule has 0 aromatic heterocycles.